The summed E-state index contributed by atoms with van der Waals surface area (Å²) in [7, 11) is -2.94. The second-order valence-electron chi connectivity index (χ2n) is 2.43. The lowest BCUT2D eigenvalue weighted by Gasteiger charge is -2.09. The summed E-state index contributed by atoms with van der Waals surface area (Å²) in [5, 5.41) is 0. The third-order valence-electron chi connectivity index (χ3n) is 1.47. The molecule has 0 amide bonds. The highest BCUT2D eigenvalue weighted by molar-refractivity contribution is 7.47. The lowest BCUT2D eigenvalue weighted by atomic mass is 10.2. The van der Waals surface area contributed by atoms with Crippen molar-refractivity contribution in [1.82, 2.24) is 0 Å². The van der Waals surface area contributed by atoms with Crippen molar-refractivity contribution < 1.29 is 23.3 Å². The number of phosphoric ester groups is 1. The number of phosphoric acid groups is 1. The number of rotatable bonds is 4. The first-order valence-corrected chi connectivity index (χ1v) is 5.20. The van der Waals surface area contributed by atoms with Crippen molar-refractivity contribution in [2.24, 2.45) is 0 Å². The van der Waals surface area contributed by atoms with Gasteiger partial charge in [-0.15, -0.1) is 0 Å². The fourth-order valence-corrected chi connectivity index (χ4v) is 1.24. The molecule has 0 heterocycles. The van der Waals surface area contributed by atoms with Gasteiger partial charge in [0.25, 0.3) is 0 Å². The first-order chi connectivity index (χ1) is 6.57. The molecule has 1 atom stereocenters. The van der Waals surface area contributed by atoms with Crippen LogP contribution in [0.1, 0.15) is 10.4 Å². The number of hydrogen-bond donors (Lipinski definition) is 1. The Labute approximate surface area is 80.9 Å². The van der Waals surface area contributed by atoms with Crippen LogP contribution in [0.15, 0.2) is 24.3 Å². The average molecular weight is 216 g/mol. The molecule has 1 N–H and O–H groups in total. The Morgan fingerprint density at radius 2 is 1.93 bits per heavy atom. The molecule has 0 aliphatic heterocycles. The van der Waals surface area contributed by atoms with E-state index in [-0.39, 0.29) is 5.75 Å². The Bertz CT molecular complexity index is 358. The van der Waals surface area contributed by atoms with E-state index in [0.717, 1.165) is 7.11 Å². The molecule has 76 valence electrons. The standard InChI is InChI=1S/C8H9O5P/c1-12-14(10,11)13-8-4-2-7(6-9)3-5-8/h2-6H,1H3,(H,10,11). The second-order valence-corrected chi connectivity index (χ2v) is 3.91. The van der Waals surface area contributed by atoms with Crippen molar-refractivity contribution in [3.05, 3.63) is 29.8 Å². The zero-order chi connectivity index (χ0) is 10.6. The Hall–Kier alpha value is -1.16. The topological polar surface area (TPSA) is 72.8 Å². The van der Waals surface area contributed by atoms with E-state index in [1.807, 2.05) is 0 Å². The number of hydrogen-bond acceptors (Lipinski definition) is 4. The molecule has 5 nitrogen and oxygen atoms in total. The van der Waals surface area contributed by atoms with E-state index in [0.29, 0.717) is 11.8 Å². The molecule has 6 heteroatoms. The molecular formula is C8H9O5P. The molecule has 0 aliphatic rings. The van der Waals surface area contributed by atoms with Gasteiger partial charge in [-0.25, -0.2) is 4.57 Å². The van der Waals surface area contributed by atoms with Crippen LogP contribution in [0.25, 0.3) is 0 Å². The Balaban J connectivity index is 2.78. The summed E-state index contributed by atoms with van der Waals surface area (Å²) in [4.78, 5) is 19.2. The predicted molar refractivity (Wildman–Crippen MR) is 49.3 cm³/mol. The van der Waals surface area contributed by atoms with Gasteiger partial charge in [-0.1, -0.05) is 0 Å². The van der Waals surface area contributed by atoms with E-state index >= 15 is 0 Å². The third kappa shape index (κ3) is 2.96. The Kier molecular flexibility index (Phi) is 3.41. The number of aldehydes is 1. The molecule has 0 spiro atoms. The number of benzene rings is 1. The fraction of sp³-hybridized carbons (Fsp3) is 0.125. The highest BCUT2D eigenvalue weighted by Crippen LogP contribution is 2.42. The summed E-state index contributed by atoms with van der Waals surface area (Å²) in [6.07, 6.45) is 0.665. The van der Waals surface area contributed by atoms with Gasteiger partial charge in [-0.05, 0) is 24.3 Å². The minimum atomic E-state index is -4.01. The Morgan fingerprint density at radius 3 is 2.36 bits per heavy atom. The lowest BCUT2D eigenvalue weighted by molar-refractivity contribution is 0.112. The second kappa shape index (κ2) is 4.37. The summed E-state index contributed by atoms with van der Waals surface area (Å²) < 4.78 is 19.8. The fourth-order valence-electron chi connectivity index (χ4n) is 0.778. The first kappa shape index (κ1) is 10.9. The lowest BCUT2D eigenvalue weighted by Crippen LogP contribution is -1.93. The number of carbonyl (C=O) groups is 1. The minimum Gasteiger partial charge on any atom is -0.404 e. The van der Waals surface area contributed by atoms with Gasteiger partial charge in [0, 0.05) is 12.7 Å². The quantitative estimate of drug-likeness (QED) is 0.611. The van der Waals surface area contributed by atoms with Crippen LogP contribution >= 0.6 is 7.82 Å². The summed E-state index contributed by atoms with van der Waals surface area (Å²) in [6.45, 7) is 0. The van der Waals surface area contributed by atoms with Gasteiger partial charge in [0.15, 0.2) is 0 Å². The molecule has 1 aromatic rings. The normalized spacial score (nSPS) is 14.4. The van der Waals surface area contributed by atoms with Crippen molar-refractivity contribution in [3.63, 3.8) is 0 Å². The van der Waals surface area contributed by atoms with Crippen LogP contribution in [-0.2, 0) is 9.09 Å². The highest BCUT2D eigenvalue weighted by atomic mass is 31.2. The molecule has 1 rings (SSSR count). The molecule has 0 aliphatic carbocycles. The minimum absolute atomic E-state index is 0.170. The molecule has 0 saturated heterocycles. The van der Waals surface area contributed by atoms with Crippen molar-refractivity contribution in [2.75, 3.05) is 7.11 Å². The molecule has 0 saturated carbocycles. The van der Waals surface area contributed by atoms with Gasteiger partial charge >= 0.3 is 7.82 Å². The van der Waals surface area contributed by atoms with Crippen molar-refractivity contribution in [2.45, 2.75) is 0 Å². The predicted octanol–water partition coefficient (Wildman–Crippen LogP) is 1.62. The molecule has 14 heavy (non-hydrogen) atoms. The highest BCUT2D eigenvalue weighted by Gasteiger charge is 2.19. The van der Waals surface area contributed by atoms with Crippen LogP contribution in [0, 0.1) is 0 Å². The molecule has 0 radical (unpaired) electrons. The van der Waals surface area contributed by atoms with Crippen LogP contribution < -0.4 is 4.52 Å². The third-order valence-corrected chi connectivity index (χ3v) is 2.37. The van der Waals surface area contributed by atoms with Crippen molar-refractivity contribution in [3.8, 4) is 5.75 Å². The molecule has 0 fully saturated rings. The average Bonchev–Trinajstić information content (AvgIpc) is 2.19. The maximum absolute atomic E-state index is 10.9. The maximum atomic E-state index is 10.9. The maximum Gasteiger partial charge on any atom is 0.527 e. The van der Waals surface area contributed by atoms with E-state index in [9.17, 15) is 9.36 Å². The summed E-state index contributed by atoms with van der Waals surface area (Å²) in [6, 6.07) is 5.76. The summed E-state index contributed by atoms with van der Waals surface area (Å²) in [5.41, 5.74) is 0.461. The van der Waals surface area contributed by atoms with E-state index in [4.69, 9.17) is 4.89 Å². The zero-order valence-electron chi connectivity index (χ0n) is 7.41. The van der Waals surface area contributed by atoms with Crippen LogP contribution in [0.5, 0.6) is 5.75 Å². The largest absolute Gasteiger partial charge is 0.527 e. The van der Waals surface area contributed by atoms with Crippen LogP contribution in [0.2, 0.25) is 0 Å². The summed E-state index contributed by atoms with van der Waals surface area (Å²) in [5.74, 6) is 0.170. The first-order valence-electron chi connectivity index (χ1n) is 3.71. The van der Waals surface area contributed by atoms with Crippen molar-refractivity contribution in [1.29, 1.82) is 0 Å². The van der Waals surface area contributed by atoms with E-state index < -0.39 is 7.82 Å². The monoisotopic (exact) mass is 216 g/mol. The van der Waals surface area contributed by atoms with Gasteiger partial charge in [-0.3, -0.25) is 14.2 Å². The van der Waals surface area contributed by atoms with Crippen LogP contribution in [0.4, 0.5) is 0 Å². The number of carbonyl (C=O) groups excluding carboxylic acids is 1. The molecule has 1 unspecified atom stereocenters. The van der Waals surface area contributed by atoms with Crippen LogP contribution in [0.3, 0.4) is 0 Å². The molecular weight excluding hydrogens is 207 g/mol. The molecule has 0 bridgehead atoms. The molecule has 1 aromatic carbocycles. The van der Waals surface area contributed by atoms with Crippen molar-refractivity contribution >= 4 is 14.1 Å². The van der Waals surface area contributed by atoms with Gasteiger partial charge in [0.2, 0.25) is 0 Å². The van der Waals surface area contributed by atoms with E-state index in [1.54, 1.807) is 0 Å². The molecule has 0 aromatic heterocycles. The van der Waals surface area contributed by atoms with Gasteiger partial charge in [0.05, 0.1) is 0 Å². The SMILES string of the molecule is COP(=O)(O)Oc1ccc(C=O)cc1. The summed E-state index contributed by atoms with van der Waals surface area (Å²) >= 11 is 0. The van der Waals surface area contributed by atoms with Gasteiger partial charge < -0.3 is 4.52 Å². The van der Waals surface area contributed by atoms with E-state index in [1.165, 1.54) is 24.3 Å². The van der Waals surface area contributed by atoms with E-state index in [2.05, 4.69) is 9.05 Å². The zero-order valence-corrected chi connectivity index (χ0v) is 8.31. The van der Waals surface area contributed by atoms with Gasteiger partial charge in [0.1, 0.15) is 12.0 Å². The van der Waals surface area contributed by atoms with Gasteiger partial charge in [-0.2, -0.15) is 0 Å². The Morgan fingerprint density at radius 1 is 1.36 bits per heavy atom. The van der Waals surface area contributed by atoms with Crippen LogP contribution in [-0.4, -0.2) is 18.3 Å². The smallest absolute Gasteiger partial charge is 0.404 e.